The zero-order chi connectivity index (χ0) is 14.8. The zero-order valence-corrected chi connectivity index (χ0v) is 12.2. The molecule has 1 rings (SSSR count). The molecule has 19 heavy (non-hydrogen) atoms. The molecule has 1 heterocycles. The van der Waals surface area contributed by atoms with Gasteiger partial charge in [-0.3, -0.25) is 9.59 Å². The maximum absolute atomic E-state index is 11.7. The molecule has 2 unspecified atom stereocenters. The Balaban J connectivity index is 2.78. The van der Waals surface area contributed by atoms with E-state index in [9.17, 15) is 9.59 Å². The highest BCUT2D eigenvalue weighted by Gasteiger charge is 2.50. The van der Waals surface area contributed by atoms with Gasteiger partial charge in [0.05, 0.1) is 19.3 Å². The summed E-state index contributed by atoms with van der Waals surface area (Å²) in [4.78, 5) is 23.4. The average Bonchev–Trinajstić information content (AvgIpc) is 2.94. The molecule has 0 aromatic carbocycles. The van der Waals surface area contributed by atoms with E-state index in [1.807, 2.05) is 13.8 Å². The van der Waals surface area contributed by atoms with Gasteiger partial charge >= 0.3 is 5.97 Å². The molecule has 1 aliphatic heterocycles. The van der Waals surface area contributed by atoms with Gasteiger partial charge in [-0.25, -0.2) is 0 Å². The summed E-state index contributed by atoms with van der Waals surface area (Å²) in [5.74, 6) is -1.95. The highest BCUT2D eigenvalue weighted by Crippen LogP contribution is 2.37. The van der Waals surface area contributed by atoms with E-state index in [4.69, 9.17) is 9.47 Å². The fourth-order valence-corrected chi connectivity index (χ4v) is 2.00. The van der Waals surface area contributed by atoms with Crippen molar-refractivity contribution >= 4 is 11.8 Å². The van der Waals surface area contributed by atoms with Gasteiger partial charge in [-0.15, -0.1) is 6.58 Å². The normalized spacial score (nSPS) is 25.0. The van der Waals surface area contributed by atoms with E-state index in [-0.39, 0.29) is 17.5 Å². The van der Waals surface area contributed by atoms with Gasteiger partial charge in [0.25, 0.3) is 0 Å². The van der Waals surface area contributed by atoms with Crippen molar-refractivity contribution in [3.63, 3.8) is 0 Å². The highest BCUT2D eigenvalue weighted by atomic mass is 16.6. The standard InChI is InChI=1S/C14H22O5/c1-7-14(5,11(9(2)15)12(16)17-6)18-8-10-13(3,4)19-10/h7,10-11H,1,8H2,2-6H3/t10-,11?,14?/m1/s1. The molecule has 1 fully saturated rings. The monoisotopic (exact) mass is 270 g/mol. The minimum absolute atomic E-state index is 0.0305. The molecule has 0 bridgehead atoms. The quantitative estimate of drug-likeness (QED) is 0.303. The Bertz CT molecular complexity index is 387. The minimum atomic E-state index is -1.10. The van der Waals surface area contributed by atoms with Gasteiger partial charge in [-0.05, 0) is 27.7 Å². The smallest absolute Gasteiger partial charge is 0.319 e. The molecule has 5 nitrogen and oxygen atoms in total. The number of hydrogen-bond donors (Lipinski definition) is 0. The molecule has 0 radical (unpaired) electrons. The molecule has 108 valence electrons. The second-order valence-electron chi connectivity index (χ2n) is 5.48. The number of ether oxygens (including phenoxy) is 3. The number of Topliss-reactive ketones (excluding diaryl/α,β-unsaturated/α-hetero) is 1. The zero-order valence-electron chi connectivity index (χ0n) is 12.2. The van der Waals surface area contributed by atoms with Gasteiger partial charge in [0, 0.05) is 0 Å². The van der Waals surface area contributed by atoms with Crippen LogP contribution in [0.25, 0.3) is 0 Å². The summed E-state index contributed by atoms with van der Waals surface area (Å²) in [6.45, 7) is 10.9. The summed E-state index contributed by atoms with van der Waals surface area (Å²) in [6.07, 6.45) is 1.43. The molecule has 0 amide bonds. The SMILES string of the molecule is C=CC(C)(OC[C@H]1OC1(C)C)C(C(C)=O)C(=O)OC. The molecule has 1 saturated heterocycles. The Morgan fingerprint density at radius 1 is 1.53 bits per heavy atom. The molecular weight excluding hydrogens is 248 g/mol. The van der Waals surface area contributed by atoms with Crippen molar-refractivity contribution in [3.8, 4) is 0 Å². The summed E-state index contributed by atoms with van der Waals surface area (Å²) in [7, 11) is 1.24. The Kier molecular flexibility index (Phi) is 4.53. The fraction of sp³-hybridized carbons (Fsp3) is 0.714. The van der Waals surface area contributed by atoms with Crippen LogP contribution < -0.4 is 0 Å². The van der Waals surface area contributed by atoms with Gasteiger partial charge in [-0.2, -0.15) is 0 Å². The van der Waals surface area contributed by atoms with Crippen molar-refractivity contribution in [1.29, 1.82) is 0 Å². The van der Waals surface area contributed by atoms with E-state index in [2.05, 4.69) is 11.3 Å². The lowest BCUT2D eigenvalue weighted by molar-refractivity contribution is -0.160. The average molecular weight is 270 g/mol. The van der Waals surface area contributed by atoms with Crippen molar-refractivity contribution in [3.05, 3.63) is 12.7 Å². The first-order valence-electron chi connectivity index (χ1n) is 6.21. The minimum Gasteiger partial charge on any atom is -0.468 e. The third-order valence-electron chi connectivity index (χ3n) is 3.53. The summed E-state index contributed by atoms with van der Waals surface area (Å²) in [5, 5.41) is 0. The fourth-order valence-electron chi connectivity index (χ4n) is 2.00. The van der Waals surface area contributed by atoms with E-state index in [0.29, 0.717) is 6.61 Å². The van der Waals surface area contributed by atoms with Crippen molar-refractivity contribution in [2.24, 2.45) is 5.92 Å². The van der Waals surface area contributed by atoms with Crippen molar-refractivity contribution in [1.82, 2.24) is 0 Å². The van der Waals surface area contributed by atoms with Crippen LogP contribution in [0, 0.1) is 5.92 Å². The summed E-state index contributed by atoms with van der Waals surface area (Å²) < 4.78 is 15.8. The van der Waals surface area contributed by atoms with Gasteiger partial charge in [0.1, 0.15) is 23.4 Å². The Labute approximate surface area is 113 Å². The number of methoxy groups -OCH3 is 1. The first kappa shape index (κ1) is 15.9. The molecular formula is C14H22O5. The summed E-state index contributed by atoms with van der Waals surface area (Å²) >= 11 is 0. The van der Waals surface area contributed by atoms with Crippen LogP contribution in [-0.2, 0) is 23.8 Å². The number of ketones is 1. The molecule has 5 heteroatoms. The topological polar surface area (TPSA) is 65.1 Å². The number of rotatable bonds is 7. The van der Waals surface area contributed by atoms with Gasteiger partial charge in [0.2, 0.25) is 0 Å². The number of carbonyl (C=O) groups is 2. The molecule has 0 N–H and O–H groups in total. The second-order valence-corrected chi connectivity index (χ2v) is 5.48. The van der Waals surface area contributed by atoms with Crippen molar-refractivity contribution < 1.29 is 23.8 Å². The maximum Gasteiger partial charge on any atom is 0.319 e. The number of carbonyl (C=O) groups excluding carboxylic acids is 2. The Morgan fingerprint density at radius 2 is 2.05 bits per heavy atom. The largest absolute Gasteiger partial charge is 0.468 e. The molecule has 0 aromatic heterocycles. The molecule has 0 saturated carbocycles. The lowest BCUT2D eigenvalue weighted by Gasteiger charge is -2.31. The molecule has 3 atom stereocenters. The van der Waals surface area contributed by atoms with E-state index in [1.165, 1.54) is 20.1 Å². The first-order chi connectivity index (χ1) is 8.68. The predicted octanol–water partition coefficient (Wildman–Crippen LogP) is 1.50. The maximum atomic E-state index is 11.7. The van der Waals surface area contributed by atoms with Crippen LogP contribution in [0.2, 0.25) is 0 Å². The van der Waals surface area contributed by atoms with Crippen LogP contribution in [0.4, 0.5) is 0 Å². The lowest BCUT2D eigenvalue weighted by Crippen LogP contribution is -2.45. The van der Waals surface area contributed by atoms with E-state index in [0.717, 1.165) is 0 Å². The molecule has 0 aromatic rings. The Morgan fingerprint density at radius 3 is 2.37 bits per heavy atom. The third kappa shape index (κ3) is 3.42. The van der Waals surface area contributed by atoms with Gasteiger partial charge < -0.3 is 14.2 Å². The first-order valence-corrected chi connectivity index (χ1v) is 6.21. The van der Waals surface area contributed by atoms with Crippen LogP contribution in [0.15, 0.2) is 12.7 Å². The van der Waals surface area contributed by atoms with Crippen LogP contribution in [-0.4, -0.2) is 42.8 Å². The van der Waals surface area contributed by atoms with Gasteiger partial charge in [0.15, 0.2) is 0 Å². The number of epoxide rings is 1. The third-order valence-corrected chi connectivity index (χ3v) is 3.53. The van der Waals surface area contributed by atoms with Crippen LogP contribution >= 0.6 is 0 Å². The number of esters is 1. The number of hydrogen-bond acceptors (Lipinski definition) is 5. The molecule has 0 aliphatic carbocycles. The van der Waals surface area contributed by atoms with Crippen molar-refractivity contribution in [2.45, 2.75) is 45.0 Å². The van der Waals surface area contributed by atoms with Crippen molar-refractivity contribution in [2.75, 3.05) is 13.7 Å². The second kappa shape index (κ2) is 5.43. The Hall–Kier alpha value is -1.20. The summed E-state index contributed by atoms with van der Waals surface area (Å²) in [6, 6.07) is 0. The molecule has 1 aliphatic rings. The van der Waals surface area contributed by atoms with Crippen LogP contribution in [0.1, 0.15) is 27.7 Å². The van der Waals surface area contributed by atoms with Gasteiger partial charge in [-0.1, -0.05) is 6.08 Å². The highest BCUT2D eigenvalue weighted by molar-refractivity contribution is 5.99. The molecule has 0 spiro atoms. The van der Waals surface area contributed by atoms with E-state index in [1.54, 1.807) is 6.92 Å². The lowest BCUT2D eigenvalue weighted by atomic mass is 9.86. The predicted molar refractivity (Wildman–Crippen MR) is 69.7 cm³/mol. The van der Waals surface area contributed by atoms with E-state index >= 15 is 0 Å². The summed E-state index contributed by atoms with van der Waals surface area (Å²) in [5.41, 5.74) is -1.31. The van der Waals surface area contributed by atoms with Crippen LogP contribution in [0.3, 0.4) is 0 Å². The van der Waals surface area contributed by atoms with Crippen LogP contribution in [0.5, 0.6) is 0 Å². The van der Waals surface area contributed by atoms with E-state index < -0.39 is 17.5 Å².